The summed E-state index contributed by atoms with van der Waals surface area (Å²) in [6, 6.07) is 5.75. The quantitative estimate of drug-likeness (QED) is 0.353. The number of azide groups is 1. The highest BCUT2D eigenvalue weighted by atomic mass is 35.5. The summed E-state index contributed by atoms with van der Waals surface area (Å²) in [6.45, 7) is 0.481. The predicted molar refractivity (Wildman–Crippen MR) is 63.8 cm³/mol. The maximum atomic E-state index is 11.1. The average molecular weight is 255 g/mol. The molecular formula is C10H11ClN4O2. The molecule has 1 aromatic rings. The first kappa shape index (κ1) is 13.3. The zero-order valence-corrected chi connectivity index (χ0v) is 9.63. The van der Waals surface area contributed by atoms with Crippen molar-refractivity contribution in [2.75, 3.05) is 13.1 Å². The van der Waals surface area contributed by atoms with Crippen molar-refractivity contribution >= 4 is 17.6 Å². The molecular weight excluding hydrogens is 244 g/mol. The molecule has 0 aliphatic rings. The van der Waals surface area contributed by atoms with Crippen LogP contribution in [0.5, 0.6) is 0 Å². The molecule has 0 aliphatic carbocycles. The van der Waals surface area contributed by atoms with E-state index in [-0.39, 0.29) is 13.1 Å². The molecule has 6 nitrogen and oxygen atoms in total. The summed E-state index contributed by atoms with van der Waals surface area (Å²) in [4.78, 5) is 13.6. The van der Waals surface area contributed by atoms with Gasteiger partial charge in [-0.15, -0.1) is 0 Å². The van der Waals surface area contributed by atoms with Gasteiger partial charge in [0.2, 0.25) is 0 Å². The van der Waals surface area contributed by atoms with Crippen LogP contribution in [0.2, 0.25) is 5.02 Å². The van der Waals surface area contributed by atoms with E-state index in [0.29, 0.717) is 10.6 Å². The lowest BCUT2D eigenvalue weighted by Crippen LogP contribution is -2.30. The van der Waals surface area contributed by atoms with Crippen LogP contribution < -0.4 is 5.32 Å². The first-order valence-electron chi connectivity index (χ1n) is 4.87. The van der Waals surface area contributed by atoms with E-state index in [1.165, 1.54) is 0 Å². The van der Waals surface area contributed by atoms with Crippen molar-refractivity contribution in [3.63, 3.8) is 0 Å². The fourth-order valence-electron chi connectivity index (χ4n) is 1.34. The molecule has 0 amide bonds. The van der Waals surface area contributed by atoms with Crippen LogP contribution in [0.15, 0.2) is 29.4 Å². The third kappa shape index (κ3) is 4.32. The second-order valence-electron chi connectivity index (χ2n) is 3.23. The maximum Gasteiger partial charge on any atom is 0.325 e. The predicted octanol–water partition coefficient (Wildman–Crippen LogP) is 2.37. The Morgan fingerprint density at radius 3 is 3.00 bits per heavy atom. The van der Waals surface area contributed by atoms with Gasteiger partial charge in [-0.3, -0.25) is 4.79 Å². The number of aliphatic carboxylic acids is 1. The van der Waals surface area contributed by atoms with Gasteiger partial charge in [0.05, 0.1) is 0 Å². The van der Waals surface area contributed by atoms with Gasteiger partial charge in [0.25, 0.3) is 0 Å². The van der Waals surface area contributed by atoms with Crippen LogP contribution >= 0.6 is 11.6 Å². The van der Waals surface area contributed by atoms with Crippen LogP contribution in [0.1, 0.15) is 11.6 Å². The standard InChI is InChI=1S/C10H11ClN4O2/c11-8-3-1-2-7(6-8)9(10(16)17)13-4-5-14-15-12/h1-3,6,9,13H,4-5H2,(H,16,17). The molecule has 0 bridgehead atoms. The highest BCUT2D eigenvalue weighted by Crippen LogP contribution is 2.17. The van der Waals surface area contributed by atoms with Crippen molar-refractivity contribution in [1.82, 2.24) is 5.32 Å². The molecule has 0 heterocycles. The molecule has 0 saturated carbocycles. The maximum absolute atomic E-state index is 11.1. The van der Waals surface area contributed by atoms with Crippen molar-refractivity contribution < 1.29 is 9.90 Å². The van der Waals surface area contributed by atoms with Gasteiger partial charge in [0.15, 0.2) is 0 Å². The number of carboxylic acids is 1. The molecule has 1 rings (SSSR count). The van der Waals surface area contributed by atoms with Gasteiger partial charge in [-0.1, -0.05) is 28.8 Å². The summed E-state index contributed by atoms with van der Waals surface area (Å²) in [5.74, 6) is -1.01. The molecule has 0 aliphatic heterocycles. The van der Waals surface area contributed by atoms with Gasteiger partial charge >= 0.3 is 5.97 Å². The molecule has 1 unspecified atom stereocenters. The second-order valence-corrected chi connectivity index (χ2v) is 3.67. The fraction of sp³-hybridized carbons (Fsp3) is 0.300. The average Bonchev–Trinajstić information content (AvgIpc) is 2.28. The Morgan fingerprint density at radius 2 is 2.41 bits per heavy atom. The Balaban J connectivity index is 2.72. The van der Waals surface area contributed by atoms with Crippen LogP contribution in [0.3, 0.4) is 0 Å². The molecule has 2 N–H and O–H groups in total. The number of hydrogen-bond acceptors (Lipinski definition) is 3. The highest BCUT2D eigenvalue weighted by Gasteiger charge is 2.18. The van der Waals surface area contributed by atoms with Crippen molar-refractivity contribution in [2.45, 2.75) is 6.04 Å². The molecule has 0 radical (unpaired) electrons. The van der Waals surface area contributed by atoms with Gasteiger partial charge in [0, 0.05) is 23.0 Å². The summed E-state index contributed by atoms with van der Waals surface area (Å²) >= 11 is 5.79. The molecule has 1 atom stereocenters. The summed E-state index contributed by atoms with van der Waals surface area (Å²) in [5.41, 5.74) is 8.65. The molecule has 90 valence electrons. The Hall–Kier alpha value is -1.75. The number of carbonyl (C=O) groups is 1. The van der Waals surface area contributed by atoms with Gasteiger partial charge in [0.1, 0.15) is 6.04 Å². The Bertz CT molecular complexity index is 446. The highest BCUT2D eigenvalue weighted by molar-refractivity contribution is 6.30. The zero-order valence-electron chi connectivity index (χ0n) is 8.88. The van der Waals surface area contributed by atoms with E-state index < -0.39 is 12.0 Å². The monoisotopic (exact) mass is 254 g/mol. The summed E-state index contributed by atoms with van der Waals surface area (Å²) < 4.78 is 0. The lowest BCUT2D eigenvalue weighted by molar-refractivity contribution is -0.139. The van der Waals surface area contributed by atoms with Crippen molar-refractivity contribution in [2.24, 2.45) is 5.11 Å². The molecule has 0 saturated heterocycles. The summed E-state index contributed by atoms with van der Waals surface area (Å²) in [5, 5.41) is 15.6. The van der Waals surface area contributed by atoms with Crippen molar-refractivity contribution in [1.29, 1.82) is 0 Å². The zero-order chi connectivity index (χ0) is 12.7. The van der Waals surface area contributed by atoms with Crippen LogP contribution in [-0.4, -0.2) is 24.2 Å². The summed E-state index contributed by atoms with van der Waals surface area (Å²) in [7, 11) is 0. The van der Waals surface area contributed by atoms with E-state index in [4.69, 9.17) is 22.2 Å². The lowest BCUT2D eigenvalue weighted by atomic mass is 10.1. The van der Waals surface area contributed by atoms with E-state index in [0.717, 1.165) is 0 Å². The van der Waals surface area contributed by atoms with Crippen molar-refractivity contribution in [3.8, 4) is 0 Å². The van der Waals surface area contributed by atoms with Gasteiger partial charge in [-0.2, -0.15) is 0 Å². The first-order valence-corrected chi connectivity index (χ1v) is 5.25. The SMILES string of the molecule is [N-]=[N+]=NCCNC(C(=O)O)c1cccc(Cl)c1. The van der Waals surface area contributed by atoms with E-state index >= 15 is 0 Å². The molecule has 0 aromatic heterocycles. The molecule has 0 spiro atoms. The number of halogens is 1. The minimum Gasteiger partial charge on any atom is -0.480 e. The molecule has 0 fully saturated rings. The number of nitrogens with one attached hydrogen (secondary N) is 1. The minimum atomic E-state index is -1.01. The first-order chi connectivity index (χ1) is 8.15. The fourth-order valence-corrected chi connectivity index (χ4v) is 1.54. The molecule has 1 aromatic carbocycles. The normalized spacial score (nSPS) is 11.6. The van der Waals surface area contributed by atoms with Crippen LogP contribution in [-0.2, 0) is 4.79 Å². The molecule has 17 heavy (non-hydrogen) atoms. The third-order valence-electron chi connectivity index (χ3n) is 2.05. The van der Waals surface area contributed by atoms with Gasteiger partial charge in [-0.05, 0) is 23.2 Å². The Morgan fingerprint density at radius 1 is 1.65 bits per heavy atom. The third-order valence-corrected chi connectivity index (χ3v) is 2.29. The lowest BCUT2D eigenvalue weighted by Gasteiger charge is -2.14. The summed E-state index contributed by atoms with van der Waals surface area (Å²) in [6.07, 6.45) is 0. The van der Waals surface area contributed by atoms with Crippen LogP contribution in [0.25, 0.3) is 10.4 Å². The largest absolute Gasteiger partial charge is 0.480 e. The van der Waals surface area contributed by atoms with E-state index in [2.05, 4.69) is 15.3 Å². The number of rotatable bonds is 6. The molecule has 7 heteroatoms. The number of hydrogen-bond donors (Lipinski definition) is 2. The van der Waals surface area contributed by atoms with Crippen molar-refractivity contribution in [3.05, 3.63) is 45.3 Å². The van der Waals surface area contributed by atoms with Crippen LogP contribution in [0, 0.1) is 0 Å². The number of benzene rings is 1. The van der Waals surface area contributed by atoms with Gasteiger partial charge in [-0.25, -0.2) is 0 Å². The van der Waals surface area contributed by atoms with E-state index in [1.54, 1.807) is 24.3 Å². The second kappa shape index (κ2) is 6.75. The Labute approximate surface area is 103 Å². The number of nitrogens with zero attached hydrogens (tertiary/aromatic N) is 3. The topological polar surface area (TPSA) is 98.1 Å². The number of carboxylic acid groups (broad SMARTS) is 1. The van der Waals surface area contributed by atoms with E-state index in [9.17, 15) is 4.79 Å². The van der Waals surface area contributed by atoms with E-state index in [1.807, 2.05) is 0 Å². The smallest absolute Gasteiger partial charge is 0.325 e. The minimum absolute atomic E-state index is 0.195. The Kier molecular flexibility index (Phi) is 5.29. The van der Waals surface area contributed by atoms with Gasteiger partial charge < -0.3 is 10.4 Å². The van der Waals surface area contributed by atoms with Crippen LogP contribution in [0.4, 0.5) is 0 Å².